The zero-order valence-corrected chi connectivity index (χ0v) is 18.5. The molecule has 172 valence electrons. The molecule has 0 aromatic carbocycles. The van der Waals surface area contributed by atoms with Crippen molar-refractivity contribution in [1.29, 1.82) is 0 Å². The van der Waals surface area contributed by atoms with Crippen molar-refractivity contribution in [1.82, 2.24) is 0 Å². The van der Waals surface area contributed by atoms with E-state index in [1.165, 1.54) is 13.0 Å². The summed E-state index contributed by atoms with van der Waals surface area (Å²) in [6.07, 6.45) is -0.652. The van der Waals surface area contributed by atoms with Crippen LogP contribution in [0.3, 0.4) is 0 Å². The van der Waals surface area contributed by atoms with E-state index in [4.69, 9.17) is 4.74 Å². The summed E-state index contributed by atoms with van der Waals surface area (Å²) in [4.78, 5) is 24.2. The van der Waals surface area contributed by atoms with Gasteiger partial charge in [-0.3, -0.25) is 9.59 Å². The van der Waals surface area contributed by atoms with E-state index in [-0.39, 0.29) is 48.2 Å². The summed E-state index contributed by atoms with van der Waals surface area (Å²) in [6.45, 7) is 5.93. The van der Waals surface area contributed by atoms with Gasteiger partial charge in [-0.25, -0.2) is 13.2 Å². The highest BCUT2D eigenvalue weighted by Crippen LogP contribution is 2.69. The van der Waals surface area contributed by atoms with E-state index >= 15 is 8.78 Å². The van der Waals surface area contributed by atoms with Crippen LogP contribution in [0.4, 0.5) is 13.2 Å². The Morgan fingerprint density at radius 1 is 1.29 bits per heavy atom. The predicted molar refractivity (Wildman–Crippen MR) is 108 cm³/mol. The summed E-state index contributed by atoms with van der Waals surface area (Å²) in [5.41, 5.74) is -4.79. The third kappa shape index (κ3) is 2.84. The van der Waals surface area contributed by atoms with Crippen LogP contribution in [0.1, 0.15) is 53.4 Å². The SMILES string of the molecule is CCC(=O)O[C@H]1[C@H](C)C[C@H]2[C@@H]3C[C@H](F)C4=CC(=O)C(CF)=C[C@]4(C)[C@@]3(F)[C@@H](O)C[C@@]21C. The Kier molecular flexibility index (Phi) is 5.23. The first kappa shape index (κ1) is 22.6. The van der Waals surface area contributed by atoms with Crippen LogP contribution in [0.2, 0.25) is 0 Å². The average Bonchev–Trinajstić information content (AvgIpc) is 2.95. The normalized spacial score (nSPS) is 48.8. The minimum Gasteiger partial charge on any atom is -0.461 e. The van der Waals surface area contributed by atoms with Crippen LogP contribution in [0.25, 0.3) is 0 Å². The molecule has 0 aromatic heterocycles. The van der Waals surface area contributed by atoms with Crippen molar-refractivity contribution >= 4 is 11.8 Å². The zero-order chi connectivity index (χ0) is 22.9. The maximum atomic E-state index is 17.1. The molecule has 0 radical (unpaired) electrons. The summed E-state index contributed by atoms with van der Waals surface area (Å²) in [5.74, 6) is -2.22. The van der Waals surface area contributed by atoms with Crippen LogP contribution in [-0.2, 0) is 14.3 Å². The van der Waals surface area contributed by atoms with Crippen LogP contribution in [0, 0.1) is 28.6 Å². The Morgan fingerprint density at radius 2 is 1.97 bits per heavy atom. The first-order valence-electron chi connectivity index (χ1n) is 11.2. The molecule has 3 fully saturated rings. The molecular formula is C24H31F3O4. The van der Waals surface area contributed by atoms with Crippen molar-refractivity contribution in [2.24, 2.45) is 28.6 Å². The van der Waals surface area contributed by atoms with Gasteiger partial charge in [0.25, 0.3) is 0 Å². The first-order chi connectivity index (χ1) is 14.4. The van der Waals surface area contributed by atoms with E-state index in [0.717, 1.165) is 6.08 Å². The number of alkyl halides is 3. The van der Waals surface area contributed by atoms with Gasteiger partial charge in [0.05, 0.1) is 6.10 Å². The van der Waals surface area contributed by atoms with E-state index in [1.54, 1.807) is 6.92 Å². The standard InChI is InChI=1S/C24H31F3O4/c1-5-20(30)31-21-12(2)6-14-15-7-17(26)16-8-18(28)13(11-25)9-23(16,4)24(15,27)19(29)10-22(14,21)3/h8-9,12,14-15,17,19,21,29H,5-7,10-11H2,1-4H3/t12-,14+,15+,17+,19+,21+,22+,23+,24+/m1/s1. The third-order valence-corrected chi connectivity index (χ3v) is 8.73. The van der Waals surface area contributed by atoms with Crippen LogP contribution >= 0.6 is 0 Å². The predicted octanol–water partition coefficient (Wildman–Crippen LogP) is 4.21. The van der Waals surface area contributed by atoms with Crippen LogP contribution in [0.15, 0.2) is 23.3 Å². The molecule has 31 heavy (non-hydrogen) atoms. The van der Waals surface area contributed by atoms with Crippen LogP contribution in [0.5, 0.6) is 0 Å². The van der Waals surface area contributed by atoms with Gasteiger partial charge in [0.1, 0.15) is 19.0 Å². The van der Waals surface area contributed by atoms with Gasteiger partial charge < -0.3 is 9.84 Å². The molecule has 4 nitrogen and oxygen atoms in total. The summed E-state index contributed by atoms with van der Waals surface area (Å²) in [7, 11) is 0. The number of esters is 1. The molecule has 0 heterocycles. The van der Waals surface area contributed by atoms with Gasteiger partial charge in [0.2, 0.25) is 0 Å². The molecule has 4 aliphatic rings. The minimum absolute atomic E-state index is 0.0175. The van der Waals surface area contributed by atoms with E-state index in [0.29, 0.717) is 6.42 Å². The lowest BCUT2D eigenvalue weighted by molar-refractivity contribution is -0.212. The fourth-order valence-electron chi connectivity index (χ4n) is 7.28. The van der Waals surface area contributed by atoms with Crippen molar-refractivity contribution in [2.75, 3.05) is 6.67 Å². The van der Waals surface area contributed by atoms with E-state index in [2.05, 4.69) is 0 Å². The lowest BCUT2D eigenvalue weighted by Crippen LogP contribution is -2.68. The Morgan fingerprint density at radius 3 is 2.58 bits per heavy atom. The smallest absolute Gasteiger partial charge is 0.305 e. The van der Waals surface area contributed by atoms with Gasteiger partial charge in [0.15, 0.2) is 11.5 Å². The topological polar surface area (TPSA) is 63.6 Å². The number of allylic oxidation sites excluding steroid dienone is 4. The number of ether oxygens (including phenoxy) is 1. The van der Waals surface area contributed by atoms with Crippen molar-refractivity contribution in [2.45, 2.75) is 77.4 Å². The largest absolute Gasteiger partial charge is 0.461 e. The van der Waals surface area contributed by atoms with Crippen molar-refractivity contribution in [3.63, 3.8) is 0 Å². The second-order valence-electron chi connectivity index (χ2n) is 10.4. The number of fused-ring (bicyclic) bond motifs is 5. The monoisotopic (exact) mass is 440 g/mol. The van der Waals surface area contributed by atoms with Crippen molar-refractivity contribution in [3.8, 4) is 0 Å². The fraction of sp³-hybridized carbons (Fsp3) is 0.750. The lowest BCUT2D eigenvalue weighted by atomic mass is 9.45. The number of carbonyl (C=O) groups excluding carboxylic acids is 2. The molecule has 0 amide bonds. The van der Waals surface area contributed by atoms with Crippen molar-refractivity contribution in [3.05, 3.63) is 23.3 Å². The average molecular weight is 441 g/mol. The number of hydrogen-bond donors (Lipinski definition) is 1. The second kappa shape index (κ2) is 7.19. The van der Waals surface area contributed by atoms with Gasteiger partial charge in [-0.1, -0.05) is 26.8 Å². The summed E-state index contributed by atoms with van der Waals surface area (Å²) in [6, 6.07) is 0. The summed E-state index contributed by atoms with van der Waals surface area (Å²) < 4.78 is 51.7. The Balaban J connectivity index is 1.81. The maximum absolute atomic E-state index is 17.1. The first-order valence-corrected chi connectivity index (χ1v) is 11.2. The number of carbonyl (C=O) groups is 2. The molecule has 0 bridgehead atoms. The van der Waals surface area contributed by atoms with Gasteiger partial charge in [-0.05, 0) is 49.7 Å². The van der Waals surface area contributed by atoms with Crippen LogP contribution < -0.4 is 0 Å². The highest BCUT2D eigenvalue weighted by Gasteiger charge is 2.73. The molecule has 3 saturated carbocycles. The number of hydrogen-bond acceptors (Lipinski definition) is 4. The molecule has 4 rings (SSSR count). The molecule has 0 aliphatic heterocycles. The Bertz CT molecular complexity index is 869. The van der Waals surface area contributed by atoms with Gasteiger partial charge in [0, 0.05) is 28.7 Å². The molecule has 0 unspecified atom stereocenters. The molecule has 1 N–H and O–H groups in total. The number of ketones is 1. The number of aliphatic hydroxyl groups is 1. The number of halogens is 3. The van der Waals surface area contributed by atoms with Gasteiger partial charge in [-0.15, -0.1) is 0 Å². The summed E-state index contributed by atoms with van der Waals surface area (Å²) >= 11 is 0. The maximum Gasteiger partial charge on any atom is 0.305 e. The molecule has 0 aromatic rings. The molecular weight excluding hydrogens is 409 g/mol. The van der Waals surface area contributed by atoms with E-state index in [9.17, 15) is 19.1 Å². The zero-order valence-electron chi connectivity index (χ0n) is 18.5. The third-order valence-electron chi connectivity index (χ3n) is 8.73. The quantitative estimate of drug-likeness (QED) is 0.668. The Labute approximate surface area is 180 Å². The molecule has 0 saturated heterocycles. The molecule has 0 spiro atoms. The van der Waals surface area contributed by atoms with Gasteiger partial charge in [-0.2, -0.15) is 0 Å². The van der Waals surface area contributed by atoms with E-state index in [1.807, 2.05) is 13.8 Å². The number of rotatable bonds is 3. The highest BCUT2D eigenvalue weighted by molar-refractivity contribution is 6.06. The lowest BCUT2D eigenvalue weighted by Gasteiger charge is -2.62. The van der Waals surface area contributed by atoms with Crippen molar-refractivity contribution < 1.29 is 32.6 Å². The molecule has 4 aliphatic carbocycles. The fourth-order valence-corrected chi connectivity index (χ4v) is 7.28. The molecule has 7 heteroatoms. The highest BCUT2D eigenvalue weighted by atomic mass is 19.1. The number of aliphatic hydroxyl groups excluding tert-OH is 1. The van der Waals surface area contributed by atoms with Crippen LogP contribution in [-0.4, -0.2) is 47.6 Å². The Hall–Kier alpha value is -1.63. The van der Waals surface area contributed by atoms with Gasteiger partial charge >= 0.3 is 5.97 Å². The summed E-state index contributed by atoms with van der Waals surface area (Å²) in [5, 5.41) is 11.2. The van der Waals surface area contributed by atoms with E-state index < -0.39 is 53.3 Å². The second-order valence-corrected chi connectivity index (χ2v) is 10.4. The molecule has 9 atom stereocenters. The minimum atomic E-state index is -2.25.